The molecule has 3 unspecified atom stereocenters. The van der Waals surface area contributed by atoms with Crippen LogP contribution >= 0.6 is 11.8 Å². The van der Waals surface area contributed by atoms with E-state index < -0.39 is 0 Å². The van der Waals surface area contributed by atoms with Crippen molar-refractivity contribution in [1.29, 1.82) is 0 Å². The first-order valence-corrected chi connectivity index (χ1v) is 8.45. The SMILES string of the molecule is CC1CCCC(CNC(=O)C2CSCN2)(N(C)C)C1. The van der Waals surface area contributed by atoms with Gasteiger partial charge in [-0.2, -0.15) is 0 Å². The van der Waals surface area contributed by atoms with Crippen molar-refractivity contribution in [3.63, 3.8) is 0 Å². The highest BCUT2D eigenvalue weighted by molar-refractivity contribution is 7.99. The number of carbonyl (C=O) groups excluding carboxylic acids is 1. The van der Waals surface area contributed by atoms with Gasteiger partial charge in [-0.15, -0.1) is 11.8 Å². The van der Waals surface area contributed by atoms with Crippen molar-refractivity contribution in [3.05, 3.63) is 0 Å². The molecule has 1 saturated carbocycles. The Morgan fingerprint density at radius 3 is 2.89 bits per heavy atom. The predicted octanol–water partition coefficient (Wildman–Crippen LogP) is 1.28. The van der Waals surface area contributed by atoms with Crippen molar-refractivity contribution in [2.75, 3.05) is 32.3 Å². The molecule has 4 nitrogen and oxygen atoms in total. The summed E-state index contributed by atoms with van der Waals surface area (Å²) >= 11 is 1.80. The maximum Gasteiger partial charge on any atom is 0.238 e. The summed E-state index contributed by atoms with van der Waals surface area (Å²) < 4.78 is 0. The van der Waals surface area contributed by atoms with Gasteiger partial charge in [0.2, 0.25) is 5.91 Å². The molecule has 110 valence electrons. The van der Waals surface area contributed by atoms with Crippen LogP contribution in [0.3, 0.4) is 0 Å². The first kappa shape index (κ1) is 15.1. The number of likely N-dealkylation sites (N-methyl/N-ethyl adjacent to an activating group) is 1. The molecule has 0 aromatic heterocycles. The van der Waals surface area contributed by atoms with Crippen LogP contribution in [0.5, 0.6) is 0 Å². The van der Waals surface area contributed by atoms with E-state index in [2.05, 4.69) is 36.6 Å². The molecule has 3 atom stereocenters. The van der Waals surface area contributed by atoms with Gasteiger partial charge in [-0.05, 0) is 32.9 Å². The normalized spacial score (nSPS) is 35.6. The van der Waals surface area contributed by atoms with Crippen LogP contribution in [0.25, 0.3) is 0 Å². The van der Waals surface area contributed by atoms with Crippen molar-refractivity contribution in [2.24, 2.45) is 5.92 Å². The van der Waals surface area contributed by atoms with Crippen LogP contribution in [-0.2, 0) is 4.79 Å². The van der Waals surface area contributed by atoms with E-state index in [1.807, 2.05) is 0 Å². The number of nitrogens with zero attached hydrogens (tertiary/aromatic N) is 1. The van der Waals surface area contributed by atoms with Gasteiger partial charge in [0.25, 0.3) is 0 Å². The fourth-order valence-corrected chi connectivity index (χ4v) is 4.24. The van der Waals surface area contributed by atoms with Gasteiger partial charge >= 0.3 is 0 Å². The van der Waals surface area contributed by atoms with Gasteiger partial charge in [0.1, 0.15) is 0 Å². The summed E-state index contributed by atoms with van der Waals surface area (Å²) in [5, 5.41) is 6.41. The molecular weight excluding hydrogens is 258 g/mol. The second-order valence-corrected chi connectivity index (χ2v) is 7.34. The van der Waals surface area contributed by atoms with Gasteiger partial charge < -0.3 is 10.2 Å². The van der Waals surface area contributed by atoms with Crippen LogP contribution in [0.2, 0.25) is 0 Å². The third kappa shape index (κ3) is 3.64. The molecule has 1 saturated heterocycles. The van der Waals surface area contributed by atoms with E-state index in [1.54, 1.807) is 11.8 Å². The Kier molecular flexibility index (Phi) is 5.15. The topological polar surface area (TPSA) is 44.4 Å². The van der Waals surface area contributed by atoms with E-state index in [4.69, 9.17) is 0 Å². The average molecular weight is 285 g/mol. The van der Waals surface area contributed by atoms with Crippen molar-refractivity contribution in [3.8, 4) is 0 Å². The minimum atomic E-state index is 0.00484. The second kappa shape index (κ2) is 6.46. The molecule has 1 aliphatic heterocycles. The Morgan fingerprint density at radius 1 is 1.53 bits per heavy atom. The molecule has 0 spiro atoms. The largest absolute Gasteiger partial charge is 0.353 e. The molecule has 2 aliphatic rings. The summed E-state index contributed by atoms with van der Waals surface area (Å²) in [4.78, 5) is 14.4. The number of carbonyl (C=O) groups is 1. The minimum absolute atomic E-state index is 0.00484. The van der Waals surface area contributed by atoms with Crippen molar-refractivity contribution in [1.82, 2.24) is 15.5 Å². The van der Waals surface area contributed by atoms with Crippen LogP contribution in [-0.4, -0.2) is 54.7 Å². The Hall–Kier alpha value is -0.260. The molecule has 1 amide bonds. The van der Waals surface area contributed by atoms with E-state index in [0.717, 1.165) is 24.1 Å². The highest BCUT2D eigenvalue weighted by Gasteiger charge is 2.37. The molecule has 2 fully saturated rings. The molecule has 0 radical (unpaired) electrons. The molecule has 1 aliphatic carbocycles. The number of thioether (sulfide) groups is 1. The fourth-order valence-electron chi connectivity index (χ4n) is 3.30. The fraction of sp³-hybridized carbons (Fsp3) is 0.929. The first-order chi connectivity index (χ1) is 9.03. The zero-order valence-electron chi connectivity index (χ0n) is 12.4. The van der Waals surface area contributed by atoms with Crippen molar-refractivity contribution >= 4 is 17.7 Å². The van der Waals surface area contributed by atoms with Crippen LogP contribution in [0.1, 0.15) is 32.6 Å². The van der Waals surface area contributed by atoms with Gasteiger partial charge in [-0.25, -0.2) is 0 Å². The lowest BCUT2D eigenvalue weighted by Crippen LogP contribution is -2.56. The van der Waals surface area contributed by atoms with E-state index in [-0.39, 0.29) is 17.5 Å². The molecule has 5 heteroatoms. The molecular formula is C14H27N3OS. The Labute approximate surface area is 121 Å². The minimum Gasteiger partial charge on any atom is -0.353 e. The smallest absolute Gasteiger partial charge is 0.238 e. The van der Waals surface area contributed by atoms with Gasteiger partial charge in [-0.3, -0.25) is 10.1 Å². The molecule has 19 heavy (non-hydrogen) atoms. The summed E-state index contributed by atoms with van der Waals surface area (Å²) in [6.07, 6.45) is 4.97. The number of amides is 1. The van der Waals surface area contributed by atoms with Crippen LogP contribution in [0, 0.1) is 5.92 Å². The van der Waals surface area contributed by atoms with Gasteiger partial charge in [0.15, 0.2) is 0 Å². The molecule has 1 heterocycles. The van der Waals surface area contributed by atoms with Crippen molar-refractivity contribution < 1.29 is 4.79 Å². The molecule has 0 aromatic rings. The first-order valence-electron chi connectivity index (χ1n) is 7.30. The Morgan fingerprint density at radius 2 is 2.32 bits per heavy atom. The van der Waals surface area contributed by atoms with Crippen LogP contribution < -0.4 is 10.6 Å². The zero-order chi connectivity index (χ0) is 13.9. The summed E-state index contributed by atoms with van der Waals surface area (Å²) in [5.74, 6) is 2.73. The van der Waals surface area contributed by atoms with Gasteiger partial charge in [-0.1, -0.05) is 19.8 Å². The summed E-state index contributed by atoms with van der Waals surface area (Å²) in [6.45, 7) is 3.11. The third-order valence-corrected chi connectivity index (χ3v) is 5.58. The third-order valence-electron chi connectivity index (χ3n) is 4.64. The lowest BCUT2D eigenvalue weighted by molar-refractivity contribution is -0.123. The maximum atomic E-state index is 12.1. The second-order valence-electron chi connectivity index (χ2n) is 6.31. The highest BCUT2D eigenvalue weighted by atomic mass is 32.2. The summed E-state index contributed by atoms with van der Waals surface area (Å²) in [5.41, 5.74) is 0.152. The zero-order valence-corrected chi connectivity index (χ0v) is 13.2. The van der Waals surface area contributed by atoms with Gasteiger partial charge in [0, 0.05) is 23.7 Å². The molecule has 2 rings (SSSR count). The van der Waals surface area contributed by atoms with E-state index in [1.165, 1.54) is 25.7 Å². The number of hydrogen-bond acceptors (Lipinski definition) is 4. The number of nitrogens with one attached hydrogen (secondary N) is 2. The molecule has 2 N–H and O–H groups in total. The van der Waals surface area contributed by atoms with Gasteiger partial charge in [0.05, 0.1) is 6.04 Å². The average Bonchev–Trinajstić information content (AvgIpc) is 2.89. The van der Waals surface area contributed by atoms with Crippen molar-refractivity contribution in [2.45, 2.75) is 44.2 Å². The van der Waals surface area contributed by atoms with Crippen LogP contribution in [0.15, 0.2) is 0 Å². The lowest BCUT2D eigenvalue weighted by atomic mass is 9.75. The molecule has 0 aromatic carbocycles. The Bertz CT molecular complexity index is 318. The Balaban J connectivity index is 1.91. The van der Waals surface area contributed by atoms with E-state index in [0.29, 0.717) is 0 Å². The van der Waals surface area contributed by atoms with Crippen LogP contribution in [0.4, 0.5) is 0 Å². The van der Waals surface area contributed by atoms with E-state index >= 15 is 0 Å². The summed E-state index contributed by atoms with van der Waals surface area (Å²) in [6, 6.07) is 0.00484. The number of hydrogen-bond donors (Lipinski definition) is 2. The standard InChI is InChI=1S/C14H27N3OS/c1-11-5-4-6-14(7-11,17(2)3)9-15-13(18)12-8-19-10-16-12/h11-12,16H,4-10H2,1-3H3,(H,15,18). The maximum absolute atomic E-state index is 12.1. The predicted molar refractivity (Wildman–Crippen MR) is 81.3 cm³/mol. The quantitative estimate of drug-likeness (QED) is 0.817. The summed E-state index contributed by atoms with van der Waals surface area (Å²) in [7, 11) is 4.29. The monoisotopic (exact) mass is 285 g/mol. The van der Waals surface area contributed by atoms with E-state index in [9.17, 15) is 4.79 Å². The number of rotatable bonds is 4. The lowest BCUT2D eigenvalue weighted by Gasteiger charge is -2.45. The molecule has 0 bridgehead atoms. The highest BCUT2D eigenvalue weighted by Crippen LogP contribution is 2.35.